The summed E-state index contributed by atoms with van der Waals surface area (Å²) in [7, 11) is 1.59. The van der Waals surface area contributed by atoms with Crippen LogP contribution in [0, 0.1) is 0 Å². The minimum atomic E-state index is -0.0644. The highest BCUT2D eigenvalue weighted by atomic mass is 79.9. The number of Topliss-reactive ketones (excluding diaryl/α,β-unsaturated/α-hetero) is 1. The number of rotatable bonds is 6. The highest BCUT2D eigenvalue weighted by Crippen LogP contribution is 2.25. The molecule has 0 fully saturated rings. The third-order valence-electron chi connectivity index (χ3n) is 2.92. The quantitative estimate of drug-likeness (QED) is 0.648. The molecule has 21 heavy (non-hydrogen) atoms. The van der Waals surface area contributed by atoms with Crippen LogP contribution in [0.2, 0.25) is 0 Å². The number of halogens is 2. The van der Waals surface area contributed by atoms with Crippen LogP contribution >= 0.6 is 31.9 Å². The third-order valence-corrected chi connectivity index (χ3v) is 4.32. The lowest BCUT2D eigenvalue weighted by atomic mass is 10.1. The molecule has 0 unspecified atom stereocenters. The zero-order chi connectivity index (χ0) is 15.2. The van der Waals surface area contributed by atoms with Crippen molar-refractivity contribution in [2.75, 3.05) is 13.7 Å². The molecule has 110 valence electrons. The van der Waals surface area contributed by atoms with Gasteiger partial charge in [0.25, 0.3) is 0 Å². The maximum Gasteiger partial charge on any atom is 0.188 e. The maximum atomic E-state index is 12.1. The van der Waals surface area contributed by atoms with E-state index in [4.69, 9.17) is 9.47 Å². The monoisotopic (exact) mass is 412 g/mol. The van der Waals surface area contributed by atoms with Gasteiger partial charge in [-0.1, -0.05) is 34.1 Å². The number of carbonyl (C=O) groups is 1. The zero-order valence-corrected chi connectivity index (χ0v) is 14.6. The summed E-state index contributed by atoms with van der Waals surface area (Å²) in [5.41, 5.74) is 1.61. The van der Waals surface area contributed by atoms with E-state index >= 15 is 0 Å². The fourth-order valence-electron chi connectivity index (χ4n) is 1.79. The summed E-state index contributed by atoms with van der Waals surface area (Å²) < 4.78 is 12.4. The van der Waals surface area contributed by atoms with Gasteiger partial charge in [0, 0.05) is 10.0 Å². The first-order valence-electron chi connectivity index (χ1n) is 6.29. The number of benzene rings is 2. The van der Waals surface area contributed by atoms with Gasteiger partial charge in [-0.25, -0.2) is 0 Å². The zero-order valence-electron chi connectivity index (χ0n) is 11.4. The van der Waals surface area contributed by atoms with Crippen LogP contribution in [0.1, 0.15) is 15.9 Å². The number of hydrogen-bond acceptors (Lipinski definition) is 3. The topological polar surface area (TPSA) is 35.5 Å². The van der Waals surface area contributed by atoms with Gasteiger partial charge in [-0.3, -0.25) is 4.79 Å². The molecule has 0 saturated carbocycles. The van der Waals surface area contributed by atoms with E-state index in [1.54, 1.807) is 25.3 Å². The number of carbonyl (C=O) groups excluding carboxylic acids is 1. The van der Waals surface area contributed by atoms with Crippen molar-refractivity contribution in [3.63, 3.8) is 0 Å². The Hall–Kier alpha value is -1.17. The molecule has 0 amide bonds. The summed E-state index contributed by atoms with van der Waals surface area (Å²) in [5.74, 6) is 0.631. The van der Waals surface area contributed by atoms with Crippen molar-refractivity contribution >= 4 is 37.6 Å². The molecule has 0 N–H and O–H groups in total. The van der Waals surface area contributed by atoms with Crippen LogP contribution in [0.25, 0.3) is 0 Å². The van der Waals surface area contributed by atoms with Crippen LogP contribution in [0.3, 0.4) is 0 Å². The van der Waals surface area contributed by atoms with Gasteiger partial charge in [0.2, 0.25) is 0 Å². The Morgan fingerprint density at radius 2 is 1.86 bits per heavy atom. The fourth-order valence-corrected chi connectivity index (χ4v) is 2.73. The predicted molar refractivity (Wildman–Crippen MR) is 88.8 cm³/mol. The van der Waals surface area contributed by atoms with E-state index in [-0.39, 0.29) is 12.4 Å². The SMILES string of the molecule is COc1ccc(C(=O)COCc2ccccc2Br)cc1Br. The molecule has 0 saturated heterocycles. The van der Waals surface area contributed by atoms with Gasteiger partial charge in [-0.2, -0.15) is 0 Å². The first kappa shape index (κ1) is 16.2. The molecule has 0 aromatic heterocycles. The van der Waals surface area contributed by atoms with E-state index in [1.165, 1.54) is 0 Å². The average Bonchev–Trinajstić information content (AvgIpc) is 2.49. The lowest BCUT2D eigenvalue weighted by Crippen LogP contribution is -2.09. The van der Waals surface area contributed by atoms with Crippen molar-refractivity contribution in [1.29, 1.82) is 0 Å². The van der Waals surface area contributed by atoms with Crippen LogP contribution in [0.4, 0.5) is 0 Å². The molecule has 2 aromatic carbocycles. The Labute approximate surface area is 140 Å². The Balaban J connectivity index is 1.93. The van der Waals surface area contributed by atoms with Crippen molar-refractivity contribution < 1.29 is 14.3 Å². The molecule has 2 rings (SSSR count). The second-order valence-electron chi connectivity index (χ2n) is 4.36. The summed E-state index contributed by atoms with van der Waals surface area (Å²) in [6.45, 7) is 0.435. The number of hydrogen-bond donors (Lipinski definition) is 0. The van der Waals surface area contributed by atoms with E-state index in [2.05, 4.69) is 31.9 Å². The van der Waals surface area contributed by atoms with E-state index in [9.17, 15) is 4.79 Å². The minimum absolute atomic E-state index is 0.0418. The lowest BCUT2D eigenvalue weighted by Gasteiger charge is -2.07. The average molecular weight is 414 g/mol. The molecule has 0 bridgehead atoms. The molecule has 0 aliphatic rings. The maximum absolute atomic E-state index is 12.1. The molecule has 5 heteroatoms. The molecule has 0 heterocycles. The first-order valence-corrected chi connectivity index (χ1v) is 7.88. The van der Waals surface area contributed by atoms with E-state index in [1.807, 2.05) is 24.3 Å². The fraction of sp³-hybridized carbons (Fsp3) is 0.188. The van der Waals surface area contributed by atoms with Crippen molar-refractivity contribution in [2.45, 2.75) is 6.61 Å². The highest BCUT2D eigenvalue weighted by Gasteiger charge is 2.09. The molecule has 0 aliphatic heterocycles. The van der Waals surface area contributed by atoms with Gasteiger partial charge >= 0.3 is 0 Å². The Kier molecular flexibility index (Phi) is 5.96. The number of ketones is 1. The predicted octanol–water partition coefficient (Wildman–Crippen LogP) is 4.62. The minimum Gasteiger partial charge on any atom is -0.496 e. The van der Waals surface area contributed by atoms with Crippen molar-refractivity contribution in [3.05, 3.63) is 62.5 Å². The first-order chi connectivity index (χ1) is 10.1. The van der Waals surface area contributed by atoms with Gasteiger partial charge < -0.3 is 9.47 Å². The molecule has 0 aliphatic carbocycles. The molecule has 0 radical (unpaired) electrons. The molecule has 0 atom stereocenters. The Morgan fingerprint density at radius 3 is 2.52 bits per heavy atom. The lowest BCUT2D eigenvalue weighted by molar-refractivity contribution is 0.0725. The standard InChI is InChI=1S/C16H14Br2O3/c1-20-16-7-6-11(8-14(16)18)15(19)10-21-9-12-4-2-3-5-13(12)17/h2-8H,9-10H2,1H3. The molecular formula is C16H14Br2O3. The summed E-state index contributed by atoms with van der Waals surface area (Å²) in [5, 5.41) is 0. The third kappa shape index (κ3) is 4.40. The molecule has 3 nitrogen and oxygen atoms in total. The van der Waals surface area contributed by atoms with Crippen LogP contribution in [0.5, 0.6) is 5.75 Å². The van der Waals surface area contributed by atoms with Crippen molar-refractivity contribution in [2.24, 2.45) is 0 Å². The van der Waals surface area contributed by atoms with Crippen LogP contribution in [-0.2, 0) is 11.3 Å². The summed E-state index contributed by atoms with van der Waals surface area (Å²) in [4.78, 5) is 12.1. The van der Waals surface area contributed by atoms with Gasteiger partial charge in [0.05, 0.1) is 18.2 Å². The van der Waals surface area contributed by atoms with Crippen LogP contribution in [-0.4, -0.2) is 19.5 Å². The normalized spacial score (nSPS) is 10.4. The van der Waals surface area contributed by atoms with Crippen molar-refractivity contribution in [1.82, 2.24) is 0 Å². The van der Waals surface area contributed by atoms with Crippen molar-refractivity contribution in [3.8, 4) is 5.75 Å². The van der Waals surface area contributed by atoms with Gasteiger partial charge in [-0.15, -0.1) is 0 Å². The largest absolute Gasteiger partial charge is 0.496 e. The highest BCUT2D eigenvalue weighted by molar-refractivity contribution is 9.10. The van der Waals surface area contributed by atoms with Gasteiger partial charge in [0.1, 0.15) is 12.4 Å². The Morgan fingerprint density at radius 1 is 1.10 bits per heavy atom. The van der Waals surface area contributed by atoms with Gasteiger partial charge in [-0.05, 0) is 45.8 Å². The summed E-state index contributed by atoms with van der Waals surface area (Å²) >= 11 is 6.81. The smallest absolute Gasteiger partial charge is 0.188 e. The molecule has 2 aromatic rings. The van der Waals surface area contributed by atoms with Gasteiger partial charge in [0.15, 0.2) is 5.78 Å². The van der Waals surface area contributed by atoms with E-state index < -0.39 is 0 Å². The number of methoxy groups -OCH3 is 1. The van der Waals surface area contributed by atoms with E-state index in [0.717, 1.165) is 14.5 Å². The molecule has 0 spiro atoms. The summed E-state index contributed by atoms with van der Waals surface area (Å²) in [6.07, 6.45) is 0. The molecular weight excluding hydrogens is 400 g/mol. The van der Waals surface area contributed by atoms with Crippen LogP contribution < -0.4 is 4.74 Å². The van der Waals surface area contributed by atoms with E-state index in [0.29, 0.717) is 17.9 Å². The second-order valence-corrected chi connectivity index (χ2v) is 6.07. The number of ether oxygens (including phenoxy) is 2. The Bertz CT molecular complexity index is 641. The second kappa shape index (κ2) is 7.73. The van der Waals surface area contributed by atoms with Crippen LogP contribution in [0.15, 0.2) is 51.4 Å². The summed E-state index contributed by atoms with van der Waals surface area (Å²) in [6, 6.07) is 13.0.